The Labute approximate surface area is 159 Å². The lowest BCUT2D eigenvalue weighted by atomic mass is 10.2. The van der Waals surface area contributed by atoms with Gasteiger partial charge in [0.05, 0.1) is 10.9 Å². The van der Waals surface area contributed by atoms with Gasteiger partial charge in [0.25, 0.3) is 5.91 Å². The summed E-state index contributed by atoms with van der Waals surface area (Å²) in [6, 6.07) is 13.3. The molecule has 1 amide bonds. The first kappa shape index (κ1) is 18.5. The van der Waals surface area contributed by atoms with Crippen molar-refractivity contribution in [3.05, 3.63) is 59.0 Å². The van der Waals surface area contributed by atoms with Crippen molar-refractivity contribution in [2.45, 2.75) is 0 Å². The molecule has 1 heterocycles. The van der Waals surface area contributed by atoms with E-state index in [-0.39, 0.29) is 11.7 Å². The van der Waals surface area contributed by atoms with Gasteiger partial charge in [-0.3, -0.25) is 4.79 Å². The van der Waals surface area contributed by atoms with Crippen molar-refractivity contribution >= 4 is 40.6 Å². The highest BCUT2D eigenvalue weighted by Gasteiger charge is 2.25. The molecule has 0 aliphatic carbocycles. The number of hydrogen-bond donors (Lipinski definition) is 1. The second kappa shape index (κ2) is 7.96. The van der Waals surface area contributed by atoms with Gasteiger partial charge < -0.3 is 24.6 Å². The van der Waals surface area contributed by atoms with Crippen LogP contribution in [0, 0.1) is 0 Å². The summed E-state index contributed by atoms with van der Waals surface area (Å²) in [7, 11) is 1.79. The normalized spacial score (nSPS) is 14.9. The predicted octanol–water partition coefficient (Wildman–Crippen LogP) is 1.63. The average molecular weight is 383 g/mol. The van der Waals surface area contributed by atoms with E-state index in [2.05, 4.69) is 4.99 Å². The summed E-state index contributed by atoms with van der Waals surface area (Å²) in [5.41, 5.74) is 1.55. The Morgan fingerprint density at radius 2 is 1.89 bits per heavy atom. The number of nitrogens with zero attached hydrogens (tertiary/aromatic N) is 2. The molecule has 7 nitrogen and oxygen atoms in total. The second-order valence-corrected chi connectivity index (χ2v) is 6.62. The van der Waals surface area contributed by atoms with Crippen molar-refractivity contribution in [1.82, 2.24) is 0 Å². The number of carbonyl (C=O) groups is 2. The standard InChI is InChI=1S/C19H16N2O5S/c1-21(13-4-6-14(22)7-5-13)19-20-18(25)16(27-19)10-12-2-8-15(9-3-12)26-11-17(23)24/h2-10,22H,11H2,1H3,(H,23,24)/p-1/b16-10-. The van der Waals surface area contributed by atoms with Crippen molar-refractivity contribution in [1.29, 1.82) is 0 Å². The largest absolute Gasteiger partial charge is 0.546 e. The Morgan fingerprint density at radius 3 is 2.52 bits per heavy atom. The molecule has 1 N–H and O–H groups in total. The predicted molar refractivity (Wildman–Crippen MR) is 101 cm³/mol. The molecule has 0 atom stereocenters. The number of aliphatic imine (C=N–C) groups is 1. The summed E-state index contributed by atoms with van der Waals surface area (Å²) in [6.45, 7) is -0.518. The summed E-state index contributed by atoms with van der Waals surface area (Å²) in [4.78, 5) is 28.9. The van der Waals surface area contributed by atoms with Crippen LogP contribution in [0.1, 0.15) is 5.56 Å². The minimum atomic E-state index is -1.29. The fourth-order valence-electron chi connectivity index (χ4n) is 2.28. The average Bonchev–Trinajstić information content (AvgIpc) is 3.01. The van der Waals surface area contributed by atoms with Crippen LogP contribution in [0.4, 0.5) is 5.69 Å². The van der Waals surface area contributed by atoms with Crippen molar-refractivity contribution < 1.29 is 24.5 Å². The van der Waals surface area contributed by atoms with Gasteiger partial charge in [-0.2, -0.15) is 4.99 Å². The van der Waals surface area contributed by atoms with Crippen LogP contribution in [0.25, 0.3) is 6.08 Å². The van der Waals surface area contributed by atoms with Gasteiger partial charge >= 0.3 is 0 Å². The molecule has 0 bridgehead atoms. The van der Waals surface area contributed by atoms with Crippen molar-refractivity contribution in [3.8, 4) is 11.5 Å². The molecule has 0 unspecified atom stereocenters. The third kappa shape index (κ3) is 4.68. The highest BCUT2D eigenvalue weighted by molar-refractivity contribution is 8.18. The number of ether oxygens (including phenoxy) is 1. The van der Waals surface area contributed by atoms with Crippen LogP contribution in [0.2, 0.25) is 0 Å². The van der Waals surface area contributed by atoms with Crippen LogP contribution in [-0.4, -0.2) is 35.8 Å². The topological polar surface area (TPSA) is 102 Å². The Bertz CT molecular complexity index is 920. The second-order valence-electron chi connectivity index (χ2n) is 5.62. The van der Waals surface area contributed by atoms with E-state index in [4.69, 9.17) is 4.74 Å². The van der Waals surface area contributed by atoms with Crippen LogP contribution in [0.15, 0.2) is 58.4 Å². The van der Waals surface area contributed by atoms with Gasteiger partial charge in [-0.25, -0.2) is 0 Å². The minimum absolute atomic E-state index is 0.164. The number of aliphatic carboxylic acids is 1. The number of anilines is 1. The van der Waals surface area contributed by atoms with Crippen LogP contribution in [0.5, 0.6) is 11.5 Å². The zero-order valence-electron chi connectivity index (χ0n) is 14.3. The van der Waals surface area contributed by atoms with Crippen molar-refractivity contribution in [2.75, 3.05) is 18.6 Å². The molecule has 1 aliphatic rings. The Morgan fingerprint density at radius 1 is 1.22 bits per heavy atom. The van der Waals surface area contributed by atoms with Gasteiger partial charge in [-0.1, -0.05) is 12.1 Å². The quantitative estimate of drug-likeness (QED) is 0.783. The van der Waals surface area contributed by atoms with E-state index in [0.717, 1.165) is 11.3 Å². The number of aromatic hydroxyl groups is 1. The van der Waals surface area contributed by atoms with E-state index in [9.17, 15) is 19.8 Å². The van der Waals surface area contributed by atoms with Gasteiger partial charge in [-0.05, 0) is 59.8 Å². The van der Waals surface area contributed by atoms with Gasteiger partial charge in [0.2, 0.25) is 0 Å². The number of phenols is 1. The number of amides is 1. The molecule has 2 aromatic carbocycles. The molecule has 0 spiro atoms. The maximum atomic E-state index is 12.2. The van der Waals surface area contributed by atoms with E-state index in [1.165, 1.54) is 11.8 Å². The first-order valence-corrected chi connectivity index (χ1v) is 8.72. The highest BCUT2D eigenvalue weighted by Crippen LogP contribution is 2.32. The zero-order chi connectivity index (χ0) is 19.4. The molecule has 0 aromatic heterocycles. The summed E-state index contributed by atoms with van der Waals surface area (Å²) >= 11 is 1.25. The molecule has 3 rings (SSSR count). The Kier molecular flexibility index (Phi) is 5.46. The van der Waals surface area contributed by atoms with Crippen LogP contribution in [-0.2, 0) is 9.59 Å². The summed E-state index contributed by atoms with van der Waals surface area (Å²) < 4.78 is 5.02. The van der Waals surface area contributed by atoms with E-state index >= 15 is 0 Å². The maximum Gasteiger partial charge on any atom is 0.286 e. The van der Waals surface area contributed by atoms with Gasteiger partial charge in [0, 0.05) is 12.7 Å². The smallest absolute Gasteiger partial charge is 0.286 e. The molecule has 0 fully saturated rings. The summed E-state index contributed by atoms with van der Waals surface area (Å²) in [5.74, 6) is -1.07. The molecule has 0 saturated heterocycles. The fraction of sp³-hybridized carbons (Fsp3) is 0.105. The summed E-state index contributed by atoms with van der Waals surface area (Å²) in [5, 5.41) is 20.3. The monoisotopic (exact) mass is 383 g/mol. The van der Waals surface area contributed by atoms with E-state index in [0.29, 0.717) is 15.8 Å². The molecule has 0 saturated carbocycles. The summed E-state index contributed by atoms with van der Waals surface area (Å²) in [6.07, 6.45) is 1.71. The Balaban J connectivity index is 1.69. The molecule has 1 aliphatic heterocycles. The number of benzene rings is 2. The molecule has 0 radical (unpaired) electrons. The van der Waals surface area contributed by atoms with E-state index < -0.39 is 12.6 Å². The molecule has 27 heavy (non-hydrogen) atoms. The first-order valence-electron chi connectivity index (χ1n) is 7.90. The third-order valence-corrected chi connectivity index (χ3v) is 4.73. The van der Waals surface area contributed by atoms with Gasteiger partial charge in [-0.15, -0.1) is 0 Å². The molecular formula is C19H15N2O5S-. The minimum Gasteiger partial charge on any atom is -0.546 e. The molecule has 8 heteroatoms. The van der Waals surface area contributed by atoms with Crippen molar-refractivity contribution in [3.63, 3.8) is 0 Å². The maximum absolute atomic E-state index is 12.2. The molecular weight excluding hydrogens is 368 g/mol. The van der Waals surface area contributed by atoms with Gasteiger partial charge in [0.15, 0.2) is 5.17 Å². The number of amidine groups is 1. The van der Waals surface area contributed by atoms with E-state index in [1.807, 2.05) is 0 Å². The van der Waals surface area contributed by atoms with Crippen LogP contribution < -0.4 is 14.7 Å². The number of hydrogen-bond acceptors (Lipinski definition) is 7. The molecule has 2 aromatic rings. The lowest BCUT2D eigenvalue weighted by Crippen LogP contribution is -2.28. The fourth-order valence-corrected chi connectivity index (χ4v) is 3.18. The lowest BCUT2D eigenvalue weighted by molar-refractivity contribution is -0.307. The number of rotatable bonds is 5. The number of carbonyl (C=O) groups excluding carboxylic acids is 2. The number of carboxylic acid groups (broad SMARTS) is 1. The zero-order valence-corrected chi connectivity index (χ0v) is 15.1. The number of phenolic OH excluding ortho intramolecular Hbond substituents is 1. The number of thioether (sulfide) groups is 1. The molecule has 138 valence electrons. The number of carboxylic acids is 1. The third-order valence-electron chi connectivity index (χ3n) is 3.67. The van der Waals surface area contributed by atoms with E-state index in [1.54, 1.807) is 66.6 Å². The lowest BCUT2D eigenvalue weighted by Gasteiger charge is -2.17. The van der Waals surface area contributed by atoms with Crippen LogP contribution in [0.3, 0.4) is 0 Å². The van der Waals surface area contributed by atoms with Crippen LogP contribution >= 0.6 is 11.8 Å². The highest BCUT2D eigenvalue weighted by atomic mass is 32.2. The SMILES string of the molecule is CN(C1=NC(=O)/C(=C/c2ccc(OCC(=O)[O-])cc2)S1)c1ccc(O)cc1. The Hall–Kier alpha value is -3.26. The van der Waals surface area contributed by atoms with Gasteiger partial charge in [0.1, 0.15) is 18.1 Å². The first-order chi connectivity index (χ1) is 12.9. The van der Waals surface area contributed by atoms with Crippen molar-refractivity contribution in [2.24, 2.45) is 4.99 Å².